The zero-order valence-corrected chi connectivity index (χ0v) is 17.7. The van der Waals surface area contributed by atoms with Gasteiger partial charge in [0.2, 0.25) is 0 Å². The molecule has 4 aromatic rings. The normalized spacial score (nSPS) is 20.6. The van der Waals surface area contributed by atoms with Crippen LogP contribution in [0.3, 0.4) is 0 Å². The van der Waals surface area contributed by atoms with Crippen LogP contribution in [0.5, 0.6) is 0 Å². The lowest BCUT2D eigenvalue weighted by Crippen LogP contribution is -2.32. The van der Waals surface area contributed by atoms with Gasteiger partial charge in [-0.1, -0.05) is 25.3 Å². The lowest BCUT2D eigenvalue weighted by molar-refractivity contribution is 0.359. The fraction of sp³-hybridized carbons (Fsp3) is 0.458. The van der Waals surface area contributed by atoms with Gasteiger partial charge < -0.3 is 19.4 Å². The van der Waals surface area contributed by atoms with Gasteiger partial charge >= 0.3 is 0 Å². The van der Waals surface area contributed by atoms with Gasteiger partial charge in [0.05, 0.1) is 23.7 Å². The third-order valence-corrected chi connectivity index (χ3v) is 7.13. The third-order valence-electron chi connectivity index (χ3n) is 7.13. The molecule has 1 aromatic carbocycles. The summed E-state index contributed by atoms with van der Waals surface area (Å²) in [5.74, 6) is 0. The number of hydrogen-bond acceptors (Lipinski definition) is 4. The van der Waals surface area contributed by atoms with Crippen molar-refractivity contribution in [1.29, 1.82) is 0 Å². The maximum absolute atomic E-state index is 12.7. The van der Waals surface area contributed by atoms with Crippen LogP contribution >= 0.6 is 0 Å². The quantitative estimate of drug-likeness (QED) is 0.525. The van der Waals surface area contributed by atoms with Crippen molar-refractivity contribution in [1.82, 2.24) is 29.4 Å². The molecular weight excluding hydrogens is 388 g/mol. The fourth-order valence-corrected chi connectivity index (χ4v) is 5.51. The number of piperidine rings is 1. The number of benzene rings is 1. The molecule has 1 aliphatic heterocycles. The van der Waals surface area contributed by atoms with Crippen molar-refractivity contribution >= 4 is 22.1 Å². The molecule has 2 N–H and O–H groups in total. The topological polar surface area (TPSA) is 80.5 Å². The molecule has 6 rings (SSSR count). The number of rotatable bonds is 3. The zero-order chi connectivity index (χ0) is 20.8. The van der Waals surface area contributed by atoms with E-state index in [4.69, 9.17) is 4.98 Å². The number of nitrogens with zero attached hydrogens (tertiary/aromatic N) is 4. The molecule has 1 saturated heterocycles. The number of aromatic amines is 1. The molecule has 7 nitrogen and oxygen atoms in total. The van der Waals surface area contributed by atoms with Crippen LogP contribution in [-0.4, -0.2) is 37.2 Å². The number of fused-ring (bicyclic) bond motifs is 2. The minimum Gasteiger partial charge on any atom is -0.337 e. The summed E-state index contributed by atoms with van der Waals surface area (Å²) >= 11 is 0. The number of nitrogens with one attached hydrogen (secondary N) is 2. The van der Waals surface area contributed by atoms with E-state index in [1.54, 1.807) is 0 Å². The Morgan fingerprint density at radius 3 is 2.68 bits per heavy atom. The van der Waals surface area contributed by atoms with Crippen molar-refractivity contribution in [3.8, 4) is 11.1 Å². The van der Waals surface area contributed by atoms with Gasteiger partial charge in [-0.05, 0) is 49.9 Å². The van der Waals surface area contributed by atoms with Crippen molar-refractivity contribution < 1.29 is 0 Å². The first kappa shape index (κ1) is 18.8. The van der Waals surface area contributed by atoms with Gasteiger partial charge in [0.25, 0.3) is 5.56 Å². The highest BCUT2D eigenvalue weighted by Crippen LogP contribution is 2.35. The highest BCUT2D eigenvalue weighted by Gasteiger charge is 2.23. The van der Waals surface area contributed by atoms with Gasteiger partial charge in [0.1, 0.15) is 11.0 Å². The first-order chi connectivity index (χ1) is 15.3. The SMILES string of the molecule is O=c1[nH]cnc2c(-c3ccc4c(c3)ncn4C3CCCCC3)cn(C3CCCNC3)c12. The van der Waals surface area contributed by atoms with E-state index in [9.17, 15) is 4.79 Å². The van der Waals surface area contributed by atoms with Gasteiger partial charge in [0.15, 0.2) is 0 Å². The summed E-state index contributed by atoms with van der Waals surface area (Å²) in [7, 11) is 0. The summed E-state index contributed by atoms with van der Waals surface area (Å²) in [5.41, 5.74) is 5.62. The predicted molar refractivity (Wildman–Crippen MR) is 122 cm³/mol. The second-order valence-corrected chi connectivity index (χ2v) is 9.03. The summed E-state index contributed by atoms with van der Waals surface area (Å²) in [5, 5.41) is 3.46. The van der Waals surface area contributed by atoms with E-state index in [1.165, 1.54) is 43.9 Å². The van der Waals surface area contributed by atoms with Crippen LogP contribution in [-0.2, 0) is 0 Å². The number of imidazole rings is 1. The summed E-state index contributed by atoms with van der Waals surface area (Å²) in [6.07, 6.45) is 14.2. The Kier molecular flexibility index (Phi) is 4.64. The zero-order valence-electron chi connectivity index (χ0n) is 17.7. The average molecular weight is 417 g/mol. The highest BCUT2D eigenvalue weighted by atomic mass is 16.1. The minimum atomic E-state index is -0.0792. The van der Waals surface area contributed by atoms with Gasteiger partial charge in [0, 0.05) is 30.4 Å². The smallest absolute Gasteiger partial charge is 0.275 e. The van der Waals surface area contributed by atoms with Gasteiger partial charge in [-0.3, -0.25) is 4.79 Å². The first-order valence-corrected chi connectivity index (χ1v) is 11.6. The molecule has 0 radical (unpaired) electrons. The summed E-state index contributed by atoms with van der Waals surface area (Å²) < 4.78 is 4.49. The maximum Gasteiger partial charge on any atom is 0.275 e. The average Bonchev–Trinajstić information content (AvgIpc) is 3.42. The Morgan fingerprint density at radius 2 is 1.84 bits per heavy atom. The standard InChI is InChI=1S/C24H28N6O/c31-24-23-22(26-14-27-24)19(13-29(23)18-7-4-10-25-12-18)16-8-9-21-20(11-16)28-15-30(21)17-5-2-1-3-6-17/h8-9,11,13-15,17-18,25H,1-7,10,12H2,(H,26,27,31). The maximum atomic E-state index is 12.7. The Labute approximate surface area is 180 Å². The molecule has 1 atom stereocenters. The summed E-state index contributed by atoms with van der Waals surface area (Å²) in [4.78, 5) is 24.8. The van der Waals surface area contributed by atoms with Gasteiger partial charge in [-0.25, -0.2) is 9.97 Å². The van der Waals surface area contributed by atoms with Crippen molar-refractivity contribution in [2.45, 2.75) is 57.0 Å². The van der Waals surface area contributed by atoms with Gasteiger partial charge in [-0.2, -0.15) is 0 Å². The highest BCUT2D eigenvalue weighted by molar-refractivity contribution is 5.95. The van der Waals surface area contributed by atoms with Crippen molar-refractivity contribution in [3.63, 3.8) is 0 Å². The molecule has 1 saturated carbocycles. The largest absolute Gasteiger partial charge is 0.337 e. The van der Waals surface area contributed by atoms with Crippen LogP contribution in [0.25, 0.3) is 33.2 Å². The van der Waals surface area contributed by atoms with Crippen molar-refractivity contribution in [2.24, 2.45) is 0 Å². The molecule has 31 heavy (non-hydrogen) atoms. The lowest BCUT2D eigenvalue weighted by Gasteiger charge is -2.24. The summed E-state index contributed by atoms with van der Waals surface area (Å²) in [6.45, 7) is 1.92. The number of aromatic nitrogens is 5. The Hall–Kier alpha value is -2.93. The molecule has 1 aliphatic carbocycles. The molecule has 2 aliphatic rings. The molecule has 4 heterocycles. The Bertz CT molecular complexity index is 1290. The van der Waals surface area contributed by atoms with Crippen molar-refractivity contribution in [2.75, 3.05) is 13.1 Å². The van der Waals surface area contributed by atoms with Crippen molar-refractivity contribution in [3.05, 3.63) is 47.4 Å². The molecule has 0 bridgehead atoms. The van der Waals surface area contributed by atoms with Crippen LogP contribution < -0.4 is 10.9 Å². The number of hydrogen-bond donors (Lipinski definition) is 2. The third kappa shape index (κ3) is 3.19. The van der Waals surface area contributed by atoms with Crippen LogP contribution in [0.2, 0.25) is 0 Å². The predicted octanol–water partition coefficient (Wildman–Crippen LogP) is 4.17. The van der Waals surface area contributed by atoms with E-state index in [1.807, 2.05) is 6.33 Å². The molecular formula is C24H28N6O. The molecule has 2 fully saturated rings. The van der Waals surface area contributed by atoms with E-state index >= 15 is 0 Å². The molecule has 160 valence electrons. The molecule has 7 heteroatoms. The second kappa shape index (κ2) is 7.64. The van der Waals surface area contributed by atoms with E-state index in [0.717, 1.165) is 48.1 Å². The fourth-order valence-electron chi connectivity index (χ4n) is 5.51. The Balaban J connectivity index is 1.46. The molecule has 0 amide bonds. The molecule has 1 unspecified atom stereocenters. The van der Waals surface area contributed by atoms with E-state index in [0.29, 0.717) is 11.6 Å². The molecule has 0 spiro atoms. The van der Waals surface area contributed by atoms with Crippen LogP contribution in [0, 0.1) is 0 Å². The lowest BCUT2D eigenvalue weighted by atomic mass is 9.95. The van der Waals surface area contributed by atoms with Crippen LogP contribution in [0.15, 0.2) is 41.8 Å². The summed E-state index contributed by atoms with van der Waals surface area (Å²) in [6, 6.07) is 7.32. The van der Waals surface area contributed by atoms with E-state index < -0.39 is 0 Å². The monoisotopic (exact) mass is 416 g/mol. The Morgan fingerprint density at radius 1 is 0.968 bits per heavy atom. The van der Waals surface area contributed by atoms with E-state index in [-0.39, 0.29) is 11.6 Å². The van der Waals surface area contributed by atoms with E-state index in [2.05, 4.69) is 48.8 Å². The first-order valence-electron chi connectivity index (χ1n) is 11.6. The number of H-pyrrole nitrogens is 1. The minimum absolute atomic E-state index is 0.0792. The van der Waals surface area contributed by atoms with Gasteiger partial charge in [-0.15, -0.1) is 0 Å². The second-order valence-electron chi connectivity index (χ2n) is 9.03. The van der Waals surface area contributed by atoms with Crippen LogP contribution in [0.4, 0.5) is 0 Å². The van der Waals surface area contributed by atoms with Crippen LogP contribution in [0.1, 0.15) is 57.0 Å². The molecule has 3 aromatic heterocycles.